The van der Waals surface area contributed by atoms with E-state index in [9.17, 15) is 9.59 Å². The van der Waals surface area contributed by atoms with E-state index < -0.39 is 11.9 Å². The Morgan fingerprint density at radius 3 is 2.49 bits per heavy atom. The molecule has 194 valence electrons. The molecule has 9 heteroatoms. The zero-order valence-electron chi connectivity index (χ0n) is 20.6. The van der Waals surface area contributed by atoms with Crippen molar-refractivity contribution in [1.82, 2.24) is 10.4 Å². The molecule has 7 nitrogen and oxygen atoms in total. The number of hydrazone groups is 1. The average Bonchev–Trinajstić information content (AvgIpc) is 3.33. The van der Waals surface area contributed by atoms with Crippen molar-refractivity contribution in [2.24, 2.45) is 5.10 Å². The second kappa shape index (κ2) is 11.7. The molecular weight excluding hydrogens is 629 g/mol. The summed E-state index contributed by atoms with van der Waals surface area (Å²) in [6.07, 6.45) is 1.48. The third-order valence-corrected chi connectivity index (χ3v) is 6.91. The number of benzene rings is 4. The lowest BCUT2D eigenvalue weighted by Gasteiger charge is -2.10. The summed E-state index contributed by atoms with van der Waals surface area (Å²) in [5.41, 5.74) is 6.24. The highest BCUT2D eigenvalue weighted by atomic mass is 127. The molecule has 0 unspecified atom stereocenters. The van der Waals surface area contributed by atoms with Crippen molar-refractivity contribution in [2.45, 2.75) is 0 Å². The molecule has 0 aliphatic rings. The van der Waals surface area contributed by atoms with Crippen LogP contribution in [-0.2, 0) is 0 Å². The van der Waals surface area contributed by atoms with Crippen LogP contribution < -0.4 is 14.9 Å². The SMILES string of the molecule is COc1cc(C=NNC(=O)c2[nH]c3ccc(I)cc3c2-c2ccccc2Cl)ccc1OC(=O)c1ccccc1. The van der Waals surface area contributed by atoms with E-state index in [1.165, 1.54) is 13.3 Å². The maximum Gasteiger partial charge on any atom is 0.343 e. The number of aromatic amines is 1. The highest BCUT2D eigenvalue weighted by molar-refractivity contribution is 14.1. The first-order valence-corrected chi connectivity index (χ1v) is 13.2. The summed E-state index contributed by atoms with van der Waals surface area (Å²) in [5.74, 6) is -0.303. The lowest BCUT2D eigenvalue weighted by molar-refractivity contribution is 0.0729. The second-order valence-electron chi connectivity index (χ2n) is 8.41. The van der Waals surface area contributed by atoms with Crippen molar-refractivity contribution < 1.29 is 19.1 Å². The topological polar surface area (TPSA) is 92.8 Å². The molecule has 0 aliphatic carbocycles. The van der Waals surface area contributed by atoms with Gasteiger partial charge in [0.15, 0.2) is 11.5 Å². The summed E-state index contributed by atoms with van der Waals surface area (Å²) < 4.78 is 11.9. The molecule has 0 atom stereocenters. The van der Waals surface area contributed by atoms with Crippen LogP contribution in [0.15, 0.2) is 96.1 Å². The number of hydrogen-bond donors (Lipinski definition) is 2. The Morgan fingerprint density at radius 2 is 1.72 bits per heavy atom. The molecule has 39 heavy (non-hydrogen) atoms. The van der Waals surface area contributed by atoms with Gasteiger partial charge in [0, 0.05) is 30.6 Å². The van der Waals surface area contributed by atoms with Gasteiger partial charge >= 0.3 is 5.97 Å². The van der Waals surface area contributed by atoms with Gasteiger partial charge in [-0.2, -0.15) is 5.10 Å². The van der Waals surface area contributed by atoms with E-state index >= 15 is 0 Å². The number of nitrogens with one attached hydrogen (secondary N) is 2. The van der Waals surface area contributed by atoms with Gasteiger partial charge in [-0.1, -0.05) is 48.0 Å². The summed E-state index contributed by atoms with van der Waals surface area (Å²) in [5, 5.41) is 5.55. The molecule has 0 spiro atoms. The molecule has 0 saturated carbocycles. The van der Waals surface area contributed by atoms with Crippen LogP contribution in [-0.4, -0.2) is 30.2 Å². The van der Waals surface area contributed by atoms with E-state index in [2.05, 4.69) is 38.1 Å². The van der Waals surface area contributed by atoms with Crippen LogP contribution in [0.2, 0.25) is 5.02 Å². The molecule has 0 bridgehead atoms. The first kappa shape index (κ1) is 26.5. The fourth-order valence-electron chi connectivity index (χ4n) is 4.08. The Morgan fingerprint density at radius 1 is 0.949 bits per heavy atom. The number of methoxy groups -OCH3 is 1. The molecule has 5 aromatic rings. The van der Waals surface area contributed by atoms with E-state index in [1.54, 1.807) is 48.5 Å². The zero-order chi connectivity index (χ0) is 27.4. The number of aromatic nitrogens is 1. The molecular formula is C30H21ClIN3O4. The lowest BCUT2D eigenvalue weighted by atomic mass is 10.0. The molecule has 0 saturated heterocycles. The Balaban J connectivity index is 1.37. The maximum atomic E-state index is 13.2. The minimum atomic E-state index is -0.495. The largest absolute Gasteiger partial charge is 0.493 e. The van der Waals surface area contributed by atoms with Gasteiger partial charge in [0.05, 0.1) is 18.9 Å². The Hall–Kier alpha value is -4.15. The fourth-order valence-corrected chi connectivity index (χ4v) is 4.80. The minimum absolute atomic E-state index is 0.268. The average molecular weight is 650 g/mol. The molecule has 5 rings (SSSR count). The third-order valence-electron chi connectivity index (χ3n) is 5.91. The molecule has 1 aromatic heterocycles. The standard InChI is InChI=1S/C30H21ClIN3O4/c1-38-26-15-18(11-14-25(26)39-30(37)19-7-3-2-4-8-19)17-33-35-29(36)28-27(21-9-5-6-10-23(21)31)22-16-20(32)12-13-24(22)34-28/h2-17,34H,1H3,(H,35,36). The summed E-state index contributed by atoms with van der Waals surface area (Å²) in [7, 11) is 1.48. The van der Waals surface area contributed by atoms with E-state index in [0.717, 1.165) is 20.0 Å². The number of amides is 1. The Bertz CT molecular complexity index is 1720. The maximum absolute atomic E-state index is 13.2. The highest BCUT2D eigenvalue weighted by Crippen LogP contribution is 2.37. The monoisotopic (exact) mass is 649 g/mol. The number of halogens is 2. The summed E-state index contributed by atoms with van der Waals surface area (Å²) in [6.45, 7) is 0. The normalized spacial score (nSPS) is 11.1. The van der Waals surface area contributed by atoms with Crippen LogP contribution in [0.1, 0.15) is 26.4 Å². The molecule has 0 aliphatic heterocycles. The van der Waals surface area contributed by atoms with Crippen LogP contribution in [0.25, 0.3) is 22.0 Å². The number of esters is 1. The Kier molecular flexibility index (Phi) is 7.94. The summed E-state index contributed by atoms with van der Waals surface area (Å²) in [4.78, 5) is 28.9. The van der Waals surface area contributed by atoms with Crippen molar-refractivity contribution >= 4 is 63.2 Å². The van der Waals surface area contributed by atoms with Crippen LogP contribution in [0, 0.1) is 3.57 Å². The molecule has 0 radical (unpaired) electrons. The smallest absolute Gasteiger partial charge is 0.343 e. The number of carbonyl (C=O) groups is 2. The van der Waals surface area contributed by atoms with Crippen molar-refractivity contribution in [2.75, 3.05) is 7.11 Å². The van der Waals surface area contributed by atoms with Crippen molar-refractivity contribution in [3.63, 3.8) is 0 Å². The van der Waals surface area contributed by atoms with Gasteiger partial charge in [0.25, 0.3) is 5.91 Å². The Labute approximate surface area is 242 Å². The fraction of sp³-hybridized carbons (Fsp3) is 0.0333. The number of H-pyrrole nitrogens is 1. The predicted molar refractivity (Wildman–Crippen MR) is 161 cm³/mol. The molecule has 1 amide bonds. The number of nitrogens with zero attached hydrogens (tertiary/aromatic N) is 1. The van der Waals surface area contributed by atoms with E-state index in [1.807, 2.05) is 42.5 Å². The van der Waals surface area contributed by atoms with Gasteiger partial charge < -0.3 is 14.5 Å². The lowest BCUT2D eigenvalue weighted by Crippen LogP contribution is -2.19. The number of fused-ring (bicyclic) bond motifs is 1. The van der Waals surface area contributed by atoms with E-state index in [0.29, 0.717) is 33.2 Å². The number of hydrogen-bond acceptors (Lipinski definition) is 5. The van der Waals surface area contributed by atoms with Crippen LogP contribution in [0.4, 0.5) is 0 Å². The molecule has 1 heterocycles. The number of ether oxygens (including phenoxy) is 2. The molecule has 4 aromatic carbocycles. The van der Waals surface area contributed by atoms with E-state index in [4.69, 9.17) is 21.1 Å². The summed E-state index contributed by atoms with van der Waals surface area (Å²) >= 11 is 8.74. The van der Waals surface area contributed by atoms with Crippen LogP contribution in [0.3, 0.4) is 0 Å². The number of rotatable bonds is 7. The van der Waals surface area contributed by atoms with Crippen molar-refractivity contribution in [1.29, 1.82) is 0 Å². The van der Waals surface area contributed by atoms with Crippen molar-refractivity contribution in [3.05, 3.63) is 116 Å². The number of carbonyl (C=O) groups excluding carboxylic acids is 2. The van der Waals surface area contributed by atoms with Gasteiger partial charge in [0.1, 0.15) is 5.69 Å². The first-order chi connectivity index (χ1) is 18.9. The van der Waals surface area contributed by atoms with Gasteiger partial charge in [-0.05, 0) is 82.8 Å². The first-order valence-electron chi connectivity index (χ1n) is 11.8. The molecule has 2 N–H and O–H groups in total. The second-order valence-corrected chi connectivity index (χ2v) is 10.1. The summed E-state index contributed by atoms with van der Waals surface area (Å²) in [6, 6.07) is 26.9. The van der Waals surface area contributed by atoms with Crippen LogP contribution >= 0.6 is 34.2 Å². The van der Waals surface area contributed by atoms with Gasteiger partial charge in [0.2, 0.25) is 0 Å². The van der Waals surface area contributed by atoms with Crippen LogP contribution in [0.5, 0.6) is 11.5 Å². The van der Waals surface area contributed by atoms with Gasteiger partial charge in [-0.15, -0.1) is 0 Å². The van der Waals surface area contributed by atoms with E-state index in [-0.39, 0.29) is 5.75 Å². The van der Waals surface area contributed by atoms with Gasteiger partial charge in [-0.3, -0.25) is 4.79 Å². The zero-order valence-corrected chi connectivity index (χ0v) is 23.5. The predicted octanol–water partition coefficient (Wildman–Crippen LogP) is 7.08. The molecule has 0 fully saturated rings. The van der Waals surface area contributed by atoms with Crippen molar-refractivity contribution in [3.8, 4) is 22.6 Å². The highest BCUT2D eigenvalue weighted by Gasteiger charge is 2.21. The third kappa shape index (κ3) is 5.81. The quantitative estimate of drug-likeness (QED) is 0.0648. The minimum Gasteiger partial charge on any atom is -0.493 e. The van der Waals surface area contributed by atoms with Gasteiger partial charge in [-0.25, -0.2) is 10.2 Å².